The summed E-state index contributed by atoms with van der Waals surface area (Å²) in [6, 6.07) is 10.8. The van der Waals surface area contributed by atoms with E-state index in [0.717, 1.165) is 35.3 Å². The van der Waals surface area contributed by atoms with Gasteiger partial charge in [0.1, 0.15) is 5.82 Å². The fourth-order valence-electron chi connectivity index (χ4n) is 2.95. The van der Waals surface area contributed by atoms with Crippen LogP contribution in [-0.4, -0.2) is 11.2 Å². The fourth-order valence-corrected chi connectivity index (χ4v) is 3.51. The van der Waals surface area contributed by atoms with Gasteiger partial charge in [-0.15, -0.1) is 0 Å². The maximum atomic E-state index is 13.5. The van der Waals surface area contributed by atoms with E-state index in [9.17, 15) is 4.39 Å². The lowest BCUT2D eigenvalue weighted by Crippen LogP contribution is -2.44. The monoisotopic (exact) mass is 348 g/mol. The molecule has 0 radical (unpaired) electrons. The van der Waals surface area contributed by atoms with Gasteiger partial charge in [-0.25, -0.2) is 4.39 Å². The Labute approximate surface area is 146 Å². The third-order valence-corrected chi connectivity index (χ3v) is 5.01. The average molecular weight is 349 g/mol. The van der Waals surface area contributed by atoms with Gasteiger partial charge in [0.2, 0.25) is 0 Å². The first-order valence-electron chi connectivity index (χ1n) is 7.61. The SMILES string of the molecule is Cc1c(Cl)cccc1NC(=S)N1c2ccc(F)cc2CCC1C. The van der Waals surface area contributed by atoms with Crippen LogP contribution in [0, 0.1) is 12.7 Å². The van der Waals surface area contributed by atoms with E-state index in [4.69, 9.17) is 23.8 Å². The van der Waals surface area contributed by atoms with E-state index in [1.165, 1.54) is 6.07 Å². The lowest BCUT2D eigenvalue weighted by Gasteiger charge is -2.37. The maximum absolute atomic E-state index is 13.5. The molecule has 1 unspecified atom stereocenters. The van der Waals surface area contributed by atoms with E-state index in [2.05, 4.69) is 17.1 Å². The summed E-state index contributed by atoms with van der Waals surface area (Å²) in [5.74, 6) is -0.206. The first-order chi connectivity index (χ1) is 11.0. The number of anilines is 2. The van der Waals surface area contributed by atoms with Crippen LogP contribution in [-0.2, 0) is 6.42 Å². The highest BCUT2D eigenvalue weighted by Gasteiger charge is 2.26. The Kier molecular flexibility index (Phi) is 4.55. The van der Waals surface area contributed by atoms with E-state index in [1.54, 1.807) is 12.1 Å². The molecule has 0 saturated carbocycles. The van der Waals surface area contributed by atoms with Gasteiger partial charge in [0.15, 0.2) is 5.11 Å². The molecule has 2 aromatic rings. The van der Waals surface area contributed by atoms with Crippen molar-refractivity contribution in [2.45, 2.75) is 32.7 Å². The van der Waals surface area contributed by atoms with Crippen molar-refractivity contribution < 1.29 is 4.39 Å². The van der Waals surface area contributed by atoms with Crippen LogP contribution < -0.4 is 10.2 Å². The van der Waals surface area contributed by atoms with Gasteiger partial charge < -0.3 is 10.2 Å². The highest BCUT2D eigenvalue weighted by Crippen LogP contribution is 2.32. The molecule has 1 atom stereocenters. The molecule has 5 heteroatoms. The zero-order valence-electron chi connectivity index (χ0n) is 13.1. The molecule has 0 amide bonds. The third kappa shape index (κ3) is 3.19. The minimum atomic E-state index is -0.206. The van der Waals surface area contributed by atoms with Crippen LogP contribution in [0.25, 0.3) is 0 Å². The summed E-state index contributed by atoms with van der Waals surface area (Å²) in [4.78, 5) is 2.06. The van der Waals surface area contributed by atoms with Gasteiger partial charge in [0.05, 0.1) is 0 Å². The van der Waals surface area contributed by atoms with Crippen LogP contribution in [0.4, 0.5) is 15.8 Å². The molecule has 1 N–H and O–H groups in total. The Morgan fingerprint density at radius 3 is 2.91 bits per heavy atom. The minimum Gasteiger partial charge on any atom is -0.332 e. The lowest BCUT2D eigenvalue weighted by molar-refractivity contribution is 0.604. The number of rotatable bonds is 1. The van der Waals surface area contributed by atoms with Crippen molar-refractivity contribution in [2.24, 2.45) is 0 Å². The Morgan fingerprint density at radius 2 is 2.13 bits per heavy atom. The van der Waals surface area contributed by atoms with Crippen molar-refractivity contribution in [1.29, 1.82) is 0 Å². The molecule has 23 heavy (non-hydrogen) atoms. The van der Waals surface area contributed by atoms with Crippen molar-refractivity contribution in [3.05, 3.63) is 58.4 Å². The maximum Gasteiger partial charge on any atom is 0.178 e. The molecule has 3 rings (SSSR count). The molecular weight excluding hydrogens is 331 g/mol. The van der Waals surface area contributed by atoms with Gasteiger partial charge in [-0.05, 0) is 80.4 Å². The molecule has 0 spiro atoms. The molecule has 0 saturated heterocycles. The predicted octanol–water partition coefficient (Wildman–Crippen LogP) is 5.33. The van der Waals surface area contributed by atoms with Crippen LogP contribution in [0.3, 0.4) is 0 Å². The first kappa shape index (κ1) is 16.2. The van der Waals surface area contributed by atoms with Crippen molar-refractivity contribution in [3.8, 4) is 0 Å². The second-order valence-corrected chi connectivity index (χ2v) is 6.67. The summed E-state index contributed by atoms with van der Waals surface area (Å²) in [7, 11) is 0. The number of thiocarbonyl (C=S) groups is 1. The van der Waals surface area contributed by atoms with Crippen LogP contribution in [0.2, 0.25) is 5.02 Å². The highest BCUT2D eigenvalue weighted by molar-refractivity contribution is 7.80. The van der Waals surface area contributed by atoms with E-state index in [1.807, 2.05) is 25.1 Å². The zero-order valence-corrected chi connectivity index (χ0v) is 14.6. The molecular formula is C18H18ClFN2S. The summed E-state index contributed by atoms with van der Waals surface area (Å²) in [5, 5.41) is 4.59. The van der Waals surface area contributed by atoms with Crippen molar-refractivity contribution in [1.82, 2.24) is 0 Å². The molecule has 1 aliphatic rings. The molecule has 2 aromatic carbocycles. The highest BCUT2D eigenvalue weighted by atomic mass is 35.5. The van der Waals surface area contributed by atoms with Gasteiger partial charge in [0.25, 0.3) is 0 Å². The van der Waals surface area contributed by atoms with Crippen LogP contribution in [0.1, 0.15) is 24.5 Å². The average Bonchev–Trinajstić information content (AvgIpc) is 2.52. The molecule has 0 aliphatic carbocycles. The van der Waals surface area contributed by atoms with Gasteiger partial charge in [-0.2, -0.15) is 0 Å². The van der Waals surface area contributed by atoms with Crippen molar-refractivity contribution >= 4 is 40.3 Å². The quantitative estimate of drug-likeness (QED) is 0.701. The Bertz CT molecular complexity index is 763. The van der Waals surface area contributed by atoms with Crippen LogP contribution in [0.5, 0.6) is 0 Å². The standard InChI is InChI=1S/C18H18ClFN2S/c1-11-6-7-13-10-14(20)8-9-17(13)22(11)18(23)21-16-5-3-4-15(19)12(16)2/h3-5,8-11H,6-7H2,1-2H3,(H,21,23). The smallest absolute Gasteiger partial charge is 0.178 e. The Balaban J connectivity index is 1.92. The number of hydrogen-bond donors (Lipinski definition) is 1. The third-order valence-electron chi connectivity index (χ3n) is 4.30. The number of aryl methyl sites for hydroxylation is 1. The molecule has 2 nitrogen and oxygen atoms in total. The summed E-state index contributed by atoms with van der Waals surface area (Å²) in [6.45, 7) is 4.08. The number of hydrogen-bond acceptors (Lipinski definition) is 1. The van der Waals surface area contributed by atoms with E-state index in [0.29, 0.717) is 10.1 Å². The van der Waals surface area contributed by atoms with Gasteiger partial charge >= 0.3 is 0 Å². The molecule has 0 aromatic heterocycles. The molecule has 1 heterocycles. The summed E-state index contributed by atoms with van der Waals surface area (Å²) in [5.41, 5.74) is 3.82. The van der Waals surface area contributed by atoms with Crippen molar-refractivity contribution in [2.75, 3.05) is 10.2 Å². The molecule has 0 bridgehead atoms. The molecule has 120 valence electrons. The van der Waals surface area contributed by atoms with Crippen molar-refractivity contribution in [3.63, 3.8) is 0 Å². The van der Waals surface area contributed by atoms with E-state index < -0.39 is 0 Å². The van der Waals surface area contributed by atoms with E-state index >= 15 is 0 Å². The Hall–Kier alpha value is -1.65. The van der Waals surface area contributed by atoms with E-state index in [-0.39, 0.29) is 11.9 Å². The normalized spacial score (nSPS) is 16.9. The molecule has 1 aliphatic heterocycles. The number of nitrogens with one attached hydrogen (secondary N) is 1. The van der Waals surface area contributed by atoms with Gasteiger partial charge in [0, 0.05) is 22.4 Å². The zero-order chi connectivity index (χ0) is 16.6. The molecule has 0 fully saturated rings. The van der Waals surface area contributed by atoms with Crippen LogP contribution >= 0.6 is 23.8 Å². The summed E-state index contributed by atoms with van der Waals surface area (Å²) >= 11 is 11.8. The summed E-state index contributed by atoms with van der Waals surface area (Å²) < 4.78 is 13.5. The number of benzene rings is 2. The topological polar surface area (TPSA) is 15.3 Å². The minimum absolute atomic E-state index is 0.206. The first-order valence-corrected chi connectivity index (χ1v) is 8.39. The predicted molar refractivity (Wildman–Crippen MR) is 99.1 cm³/mol. The second kappa shape index (κ2) is 6.46. The Morgan fingerprint density at radius 1 is 1.35 bits per heavy atom. The second-order valence-electron chi connectivity index (χ2n) is 5.87. The largest absolute Gasteiger partial charge is 0.332 e. The number of nitrogens with zero attached hydrogens (tertiary/aromatic N) is 1. The van der Waals surface area contributed by atoms with Crippen LogP contribution in [0.15, 0.2) is 36.4 Å². The number of halogens is 2. The summed E-state index contributed by atoms with van der Waals surface area (Å²) in [6.07, 6.45) is 1.80. The van der Waals surface area contributed by atoms with Gasteiger partial charge in [-0.1, -0.05) is 17.7 Å². The lowest BCUT2D eigenvalue weighted by atomic mass is 9.97. The number of fused-ring (bicyclic) bond motifs is 1. The van der Waals surface area contributed by atoms with Gasteiger partial charge in [-0.3, -0.25) is 0 Å². The fraction of sp³-hybridized carbons (Fsp3) is 0.278.